The van der Waals surface area contributed by atoms with E-state index in [-0.39, 0.29) is 104 Å². The van der Waals surface area contributed by atoms with E-state index in [1.165, 1.54) is 31.2 Å². The summed E-state index contributed by atoms with van der Waals surface area (Å²) < 4.78 is 96.2. The summed E-state index contributed by atoms with van der Waals surface area (Å²) in [4.78, 5) is 28.3. The molecule has 226 valence electrons. The van der Waals surface area contributed by atoms with Crippen LogP contribution in [0.5, 0.6) is 0 Å². The van der Waals surface area contributed by atoms with Crippen molar-refractivity contribution in [3.05, 3.63) is 93.3 Å². The molecule has 0 atom stereocenters. The summed E-state index contributed by atoms with van der Waals surface area (Å²) >= 11 is 5.88. The van der Waals surface area contributed by atoms with Gasteiger partial charge in [0.25, 0.3) is 20.2 Å². The van der Waals surface area contributed by atoms with Gasteiger partial charge in [0.2, 0.25) is 11.9 Å². The van der Waals surface area contributed by atoms with Gasteiger partial charge in [-0.2, -0.15) is 30.6 Å². The summed E-state index contributed by atoms with van der Waals surface area (Å²) in [7, 11) is -10.0. The van der Waals surface area contributed by atoms with E-state index in [9.17, 15) is 44.3 Å². The quantitative estimate of drug-likeness (QED) is 0.0749. The van der Waals surface area contributed by atoms with Crippen molar-refractivity contribution in [3.8, 4) is 0 Å². The van der Waals surface area contributed by atoms with E-state index >= 15 is 0 Å². The van der Waals surface area contributed by atoms with Gasteiger partial charge in [0.05, 0.1) is 33.1 Å². The second-order valence-electron chi connectivity index (χ2n) is 9.23. The zero-order chi connectivity index (χ0) is 31.6. The Hall–Kier alpha value is -2.48. The zero-order valence-corrected chi connectivity index (χ0v) is 23.8. The molecule has 0 unspecified atom stereocenters. The maximum absolute atomic E-state index is 14.0. The van der Waals surface area contributed by atoms with Crippen molar-refractivity contribution in [1.82, 2.24) is 4.98 Å². The topological polar surface area (TPSA) is 206 Å². The molecule has 0 spiro atoms. The van der Waals surface area contributed by atoms with Crippen LogP contribution in [0.25, 0.3) is 0 Å². The number of rotatable bonds is 6. The molecular formula is C26H19ClF2N4Na2O8S2. The molecule has 0 radical (unpaired) electrons. The number of nitrogen functional groups attached to an aromatic ring is 1. The Kier molecular flexibility index (Phi) is 11.0. The van der Waals surface area contributed by atoms with Crippen molar-refractivity contribution in [3.63, 3.8) is 0 Å². The monoisotopic (exact) mass is 698 g/mol. The molecule has 5 rings (SSSR count). The molecule has 1 aromatic heterocycles. The standard InChI is InChI=1S/C26H17ClF2N4O8S2.2Na.2H/c1-10-14(6-11(42(36,37)38)7-15(10)32-17-9-19(28)33-26(29)22(17)27)31-16-8-18(43(39,40)41)23(30)21-20(16)24(34)12-4-2-3-5-13(12)25(21)35;;;;/h2-9,31H,30H2,1H3,(H,32,33)(H,36,37,38)(H,39,40,41);;;;. The molecule has 19 heteroatoms. The molecule has 45 heavy (non-hydrogen) atoms. The van der Waals surface area contributed by atoms with Gasteiger partial charge in [-0.05, 0) is 30.7 Å². The third-order valence-electron chi connectivity index (χ3n) is 6.58. The number of benzene rings is 3. The Bertz CT molecular complexity index is 2150. The molecule has 0 bridgehead atoms. The second-order valence-corrected chi connectivity index (χ2v) is 12.4. The number of nitrogens with two attached hydrogens (primary N) is 1. The van der Waals surface area contributed by atoms with Crippen LogP contribution in [0.4, 0.5) is 37.2 Å². The summed E-state index contributed by atoms with van der Waals surface area (Å²) in [6.07, 6.45) is 0. The molecule has 1 aliphatic carbocycles. The first-order chi connectivity index (χ1) is 20.0. The van der Waals surface area contributed by atoms with Crippen LogP contribution in [0, 0.1) is 18.8 Å². The van der Waals surface area contributed by atoms with Gasteiger partial charge in [-0.3, -0.25) is 18.7 Å². The van der Waals surface area contributed by atoms with E-state index in [0.29, 0.717) is 6.07 Å². The van der Waals surface area contributed by atoms with E-state index in [0.717, 1.165) is 18.2 Å². The van der Waals surface area contributed by atoms with Gasteiger partial charge < -0.3 is 16.4 Å². The van der Waals surface area contributed by atoms with Crippen LogP contribution in [0.3, 0.4) is 0 Å². The van der Waals surface area contributed by atoms with Gasteiger partial charge in [-0.1, -0.05) is 35.9 Å². The number of hydrogen-bond acceptors (Lipinski definition) is 10. The molecule has 12 nitrogen and oxygen atoms in total. The van der Waals surface area contributed by atoms with E-state index < -0.39 is 69.8 Å². The van der Waals surface area contributed by atoms with Gasteiger partial charge >= 0.3 is 59.1 Å². The third kappa shape index (κ3) is 6.96. The predicted octanol–water partition coefficient (Wildman–Crippen LogP) is 3.36. The molecule has 6 N–H and O–H groups in total. The van der Waals surface area contributed by atoms with Crippen LogP contribution in [-0.2, 0) is 20.2 Å². The number of anilines is 5. The van der Waals surface area contributed by atoms with Crippen molar-refractivity contribution in [1.29, 1.82) is 0 Å². The fraction of sp³-hybridized carbons (Fsp3) is 0.0385. The van der Waals surface area contributed by atoms with Crippen molar-refractivity contribution < 1.29 is 44.3 Å². The van der Waals surface area contributed by atoms with Gasteiger partial charge in [0.1, 0.15) is 9.92 Å². The fourth-order valence-electron chi connectivity index (χ4n) is 4.55. The summed E-state index contributed by atoms with van der Waals surface area (Å²) in [5.41, 5.74) is 3.22. The average Bonchev–Trinajstić information content (AvgIpc) is 2.91. The van der Waals surface area contributed by atoms with Gasteiger partial charge in [-0.15, -0.1) is 0 Å². The third-order valence-corrected chi connectivity index (χ3v) is 8.67. The number of hydrogen-bond donors (Lipinski definition) is 5. The molecule has 1 aliphatic rings. The molecule has 4 aromatic rings. The maximum atomic E-state index is 14.0. The van der Waals surface area contributed by atoms with Crippen LogP contribution in [0.15, 0.2) is 58.3 Å². The molecule has 0 saturated carbocycles. The number of nitrogens with zero attached hydrogens (tertiary/aromatic N) is 1. The minimum atomic E-state index is -5.07. The first kappa shape index (κ1) is 37.0. The number of carbonyl (C=O) groups excluding carboxylic acids is 2. The van der Waals surface area contributed by atoms with Crippen molar-refractivity contribution in [2.75, 3.05) is 16.4 Å². The normalized spacial score (nSPS) is 12.4. The molecule has 0 saturated heterocycles. The Morgan fingerprint density at radius 1 is 0.800 bits per heavy atom. The number of aromatic nitrogens is 1. The van der Waals surface area contributed by atoms with Gasteiger partial charge in [-0.25, -0.2) is 0 Å². The van der Waals surface area contributed by atoms with Crippen molar-refractivity contribution in [2.45, 2.75) is 16.7 Å². The van der Waals surface area contributed by atoms with E-state index in [4.69, 9.17) is 17.3 Å². The summed E-state index contributed by atoms with van der Waals surface area (Å²) in [6.45, 7) is 1.38. The van der Waals surface area contributed by atoms with Crippen LogP contribution in [0.2, 0.25) is 5.02 Å². The SMILES string of the molecule is Cc1c(Nc2cc(F)nc(F)c2Cl)cc(S(=O)(=O)O)cc1Nc1cc(S(=O)(=O)O)c(N)c2c1C(=O)c1ccccc1C2=O.[NaH].[NaH]. The molecule has 0 fully saturated rings. The van der Waals surface area contributed by atoms with Crippen LogP contribution in [0.1, 0.15) is 37.4 Å². The van der Waals surface area contributed by atoms with E-state index in [2.05, 4.69) is 15.6 Å². The molecule has 0 amide bonds. The minimum absolute atomic E-state index is 0. The molecule has 1 heterocycles. The van der Waals surface area contributed by atoms with Crippen LogP contribution < -0.4 is 16.4 Å². The summed E-state index contributed by atoms with van der Waals surface area (Å²) in [5.74, 6) is -4.21. The number of nitrogens with one attached hydrogen (secondary N) is 2. The van der Waals surface area contributed by atoms with Gasteiger partial charge in [0, 0.05) is 28.6 Å². The first-order valence-electron chi connectivity index (χ1n) is 11.8. The fourth-order valence-corrected chi connectivity index (χ4v) is 5.88. The van der Waals surface area contributed by atoms with Crippen molar-refractivity contribution in [2.24, 2.45) is 0 Å². The summed E-state index contributed by atoms with van der Waals surface area (Å²) in [6, 6.07) is 8.97. The Morgan fingerprint density at radius 3 is 1.82 bits per heavy atom. The first-order valence-corrected chi connectivity index (χ1v) is 15.0. The number of pyridine rings is 1. The van der Waals surface area contributed by atoms with E-state index in [1.54, 1.807) is 0 Å². The average molecular weight is 699 g/mol. The van der Waals surface area contributed by atoms with Crippen LogP contribution >= 0.6 is 11.6 Å². The predicted molar refractivity (Wildman–Crippen MR) is 165 cm³/mol. The summed E-state index contributed by atoms with van der Waals surface area (Å²) in [5, 5.41) is 4.58. The van der Waals surface area contributed by atoms with Gasteiger partial charge in [0.15, 0.2) is 11.6 Å². The number of ketones is 2. The number of carbonyl (C=O) groups is 2. The van der Waals surface area contributed by atoms with E-state index in [1.807, 2.05) is 0 Å². The second kappa shape index (κ2) is 13.3. The zero-order valence-electron chi connectivity index (χ0n) is 21.4. The van der Waals surface area contributed by atoms with Crippen molar-refractivity contribution >= 4 is 131 Å². The number of halogens is 3. The Morgan fingerprint density at radius 2 is 1.31 bits per heavy atom. The molecule has 3 aromatic carbocycles. The number of fused-ring (bicyclic) bond motifs is 2. The Balaban J connectivity index is 0.00000276. The molecule has 0 aliphatic heterocycles. The molecular weight excluding hydrogens is 680 g/mol. The Labute approximate surface area is 303 Å². The van der Waals surface area contributed by atoms with Crippen LogP contribution in [-0.4, -0.2) is 102 Å².